The third kappa shape index (κ3) is 2.95. The number of nitrogens with two attached hydrogens (primary N) is 1. The Morgan fingerprint density at radius 2 is 2.27 bits per heavy atom. The molecule has 1 aromatic heterocycles. The summed E-state index contributed by atoms with van der Waals surface area (Å²) in [5.41, 5.74) is 5.35. The monoisotopic (exact) mass is 216 g/mol. The number of rotatable bonds is 4. The Morgan fingerprint density at radius 1 is 1.60 bits per heavy atom. The van der Waals surface area contributed by atoms with Crippen LogP contribution in [0, 0.1) is 0 Å². The van der Waals surface area contributed by atoms with Gasteiger partial charge in [0.15, 0.2) is 0 Å². The Hall–Kier alpha value is -1.56. The van der Waals surface area contributed by atoms with Crippen LogP contribution in [0.3, 0.4) is 0 Å². The average molecular weight is 216 g/mol. The number of carboxylic acids is 1. The number of alkyl halides is 2. The van der Waals surface area contributed by atoms with E-state index in [4.69, 9.17) is 10.8 Å². The van der Waals surface area contributed by atoms with Crippen molar-refractivity contribution in [3.8, 4) is 0 Å². The number of hydrogen-bond acceptors (Lipinski definition) is 3. The average Bonchev–Trinajstić information content (AvgIpc) is 2.16. The molecular weight excluding hydrogens is 206 g/mol. The zero-order valence-electron chi connectivity index (χ0n) is 7.78. The van der Waals surface area contributed by atoms with Crippen molar-refractivity contribution in [2.75, 3.05) is 0 Å². The summed E-state index contributed by atoms with van der Waals surface area (Å²) in [6.45, 7) is -0.0416. The summed E-state index contributed by atoms with van der Waals surface area (Å²) in [6.07, 6.45) is -1.84. The summed E-state index contributed by atoms with van der Waals surface area (Å²) < 4.78 is 25.0. The SMILES string of the molecule is NCc1cnc(CC(=O)O)cc1C(F)F. The smallest absolute Gasteiger partial charge is 0.309 e. The maximum absolute atomic E-state index is 12.5. The lowest BCUT2D eigenvalue weighted by Crippen LogP contribution is -2.07. The van der Waals surface area contributed by atoms with Crippen LogP contribution in [0.15, 0.2) is 12.3 Å². The van der Waals surface area contributed by atoms with E-state index in [1.807, 2.05) is 0 Å². The zero-order valence-corrected chi connectivity index (χ0v) is 7.78. The first-order valence-electron chi connectivity index (χ1n) is 4.22. The number of nitrogens with zero attached hydrogens (tertiary/aromatic N) is 1. The van der Waals surface area contributed by atoms with Crippen LogP contribution in [0.4, 0.5) is 8.78 Å². The molecule has 0 atom stereocenters. The number of hydrogen-bond donors (Lipinski definition) is 2. The summed E-state index contributed by atoms with van der Waals surface area (Å²) >= 11 is 0. The molecule has 0 aliphatic rings. The predicted molar refractivity (Wildman–Crippen MR) is 48.4 cm³/mol. The fraction of sp³-hybridized carbons (Fsp3) is 0.333. The van der Waals surface area contributed by atoms with Gasteiger partial charge in [-0.25, -0.2) is 8.78 Å². The van der Waals surface area contributed by atoms with Crippen molar-refractivity contribution in [2.45, 2.75) is 19.4 Å². The lowest BCUT2D eigenvalue weighted by atomic mass is 10.1. The minimum Gasteiger partial charge on any atom is -0.481 e. The molecule has 4 nitrogen and oxygen atoms in total. The van der Waals surface area contributed by atoms with Gasteiger partial charge >= 0.3 is 5.97 Å². The van der Waals surface area contributed by atoms with Gasteiger partial charge < -0.3 is 10.8 Å². The molecule has 0 unspecified atom stereocenters. The van der Waals surface area contributed by atoms with Crippen molar-refractivity contribution < 1.29 is 18.7 Å². The van der Waals surface area contributed by atoms with Crippen molar-refractivity contribution in [1.29, 1.82) is 0 Å². The lowest BCUT2D eigenvalue weighted by molar-refractivity contribution is -0.136. The highest BCUT2D eigenvalue weighted by atomic mass is 19.3. The predicted octanol–water partition coefficient (Wildman–Crippen LogP) is 1.10. The molecule has 0 saturated heterocycles. The van der Waals surface area contributed by atoms with Gasteiger partial charge in [-0.2, -0.15) is 0 Å². The van der Waals surface area contributed by atoms with E-state index >= 15 is 0 Å². The number of carboxylic acid groups (broad SMARTS) is 1. The van der Waals surface area contributed by atoms with E-state index in [-0.39, 0.29) is 29.8 Å². The Kier molecular flexibility index (Phi) is 3.68. The van der Waals surface area contributed by atoms with Gasteiger partial charge in [-0.3, -0.25) is 9.78 Å². The molecule has 1 aromatic rings. The van der Waals surface area contributed by atoms with Crippen LogP contribution in [0.1, 0.15) is 23.2 Å². The maximum Gasteiger partial charge on any atom is 0.309 e. The summed E-state index contributed by atoms with van der Waals surface area (Å²) in [7, 11) is 0. The van der Waals surface area contributed by atoms with Crippen molar-refractivity contribution in [2.24, 2.45) is 5.73 Å². The van der Waals surface area contributed by atoms with Gasteiger partial charge in [0.25, 0.3) is 6.43 Å². The largest absolute Gasteiger partial charge is 0.481 e. The van der Waals surface area contributed by atoms with Gasteiger partial charge in [0.05, 0.1) is 12.1 Å². The second-order valence-electron chi connectivity index (χ2n) is 2.95. The molecule has 3 N–H and O–H groups in total. The van der Waals surface area contributed by atoms with Crippen molar-refractivity contribution >= 4 is 5.97 Å². The molecule has 0 aliphatic carbocycles. The van der Waals surface area contributed by atoms with Crippen LogP contribution >= 0.6 is 0 Å². The topological polar surface area (TPSA) is 76.2 Å². The third-order valence-corrected chi connectivity index (χ3v) is 1.87. The Labute approximate surface area is 84.7 Å². The highest BCUT2D eigenvalue weighted by Crippen LogP contribution is 2.22. The summed E-state index contributed by atoms with van der Waals surface area (Å²) in [5.74, 6) is -1.11. The number of halogens is 2. The van der Waals surface area contributed by atoms with Gasteiger partial charge in [0, 0.05) is 18.3 Å². The minimum absolute atomic E-state index is 0.0416. The van der Waals surface area contributed by atoms with E-state index in [0.29, 0.717) is 0 Å². The standard InChI is InChI=1S/C9H10F2N2O2/c10-9(11)7-1-6(2-8(14)15)13-4-5(7)3-12/h1,4,9H,2-3,12H2,(H,14,15). The van der Waals surface area contributed by atoms with Crippen molar-refractivity contribution in [3.05, 3.63) is 29.1 Å². The maximum atomic E-state index is 12.5. The number of pyridine rings is 1. The van der Waals surface area contributed by atoms with Crippen LogP contribution in [0.2, 0.25) is 0 Å². The molecule has 0 aromatic carbocycles. The van der Waals surface area contributed by atoms with E-state index in [0.717, 1.165) is 6.07 Å². The molecule has 0 radical (unpaired) electrons. The molecule has 0 bridgehead atoms. The van der Waals surface area contributed by atoms with Crippen LogP contribution in [0.5, 0.6) is 0 Å². The summed E-state index contributed by atoms with van der Waals surface area (Å²) in [4.78, 5) is 14.1. The van der Waals surface area contributed by atoms with Gasteiger partial charge in [-0.05, 0) is 11.6 Å². The fourth-order valence-electron chi connectivity index (χ4n) is 1.17. The molecule has 0 saturated carbocycles. The van der Waals surface area contributed by atoms with Crippen LogP contribution in [-0.2, 0) is 17.8 Å². The van der Waals surface area contributed by atoms with E-state index < -0.39 is 12.4 Å². The van der Waals surface area contributed by atoms with E-state index in [2.05, 4.69) is 4.98 Å². The molecule has 1 heterocycles. The first kappa shape index (κ1) is 11.5. The number of aromatic nitrogens is 1. The number of carbonyl (C=O) groups is 1. The van der Waals surface area contributed by atoms with Crippen LogP contribution < -0.4 is 5.73 Å². The molecule has 0 spiro atoms. The minimum atomic E-state index is -2.67. The Balaban J connectivity index is 3.04. The lowest BCUT2D eigenvalue weighted by Gasteiger charge is -2.07. The highest BCUT2D eigenvalue weighted by Gasteiger charge is 2.14. The second-order valence-corrected chi connectivity index (χ2v) is 2.95. The molecule has 6 heteroatoms. The first-order valence-corrected chi connectivity index (χ1v) is 4.22. The third-order valence-electron chi connectivity index (χ3n) is 1.87. The highest BCUT2D eigenvalue weighted by molar-refractivity contribution is 5.69. The molecule has 82 valence electrons. The van der Waals surface area contributed by atoms with Gasteiger partial charge in [0.2, 0.25) is 0 Å². The van der Waals surface area contributed by atoms with E-state index in [1.54, 1.807) is 0 Å². The van der Waals surface area contributed by atoms with E-state index in [1.165, 1.54) is 6.20 Å². The van der Waals surface area contributed by atoms with E-state index in [9.17, 15) is 13.6 Å². The fourth-order valence-corrected chi connectivity index (χ4v) is 1.17. The zero-order chi connectivity index (χ0) is 11.4. The van der Waals surface area contributed by atoms with Gasteiger partial charge in [-0.1, -0.05) is 0 Å². The van der Waals surface area contributed by atoms with Gasteiger partial charge in [0.1, 0.15) is 0 Å². The molecule has 0 aliphatic heterocycles. The van der Waals surface area contributed by atoms with Crippen molar-refractivity contribution in [1.82, 2.24) is 4.98 Å². The quantitative estimate of drug-likeness (QED) is 0.790. The first-order chi connectivity index (χ1) is 7.04. The molecular formula is C9H10F2N2O2. The van der Waals surface area contributed by atoms with Crippen molar-refractivity contribution in [3.63, 3.8) is 0 Å². The number of aliphatic carboxylic acids is 1. The molecule has 15 heavy (non-hydrogen) atoms. The molecule has 0 fully saturated rings. The summed E-state index contributed by atoms with van der Waals surface area (Å²) in [6, 6.07) is 1.08. The van der Waals surface area contributed by atoms with Gasteiger partial charge in [-0.15, -0.1) is 0 Å². The normalized spacial score (nSPS) is 10.7. The summed E-state index contributed by atoms with van der Waals surface area (Å²) in [5, 5.41) is 8.47. The molecule has 1 rings (SSSR count). The second kappa shape index (κ2) is 4.79. The van der Waals surface area contributed by atoms with Crippen LogP contribution in [-0.4, -0.2) is 16.1 Å². The van der Waals surface area contributed by atoms with Crippen LogP contribution in [0.25, 0.3) is 0 Å². The Bertz CT molecular complexity index is 369. The molecule has 0 amide bonds. The Morgan fingerprint density at radius 3 is 2.73 bits per heavy atom.